The second kappa shape index (κ2) is 7.75. The number of hydrogen-bond acceptors (Lipinski definition) is 3. The minimum absolute atomic E-state index is 0.0540. The van der Waals surface area contributed by atoms with Gasteiger partial charge in [-0.3, -0.25) is 4.79 Å². The summed E-state index contributed by atoms with van der Waals surface area (Å²) in [6.07, 6.45) is 0.788. The molecule has 1 N–H and O–H groups in total. The van der Waals surface area contributed by atoms with Gasteiger partial charge in [0, 0.05) is 23.0 Å². The van der Waals surface area contributed by atoms with Crippen LogP contribution in [0.25, 0.3) is 10.9 Å². The van der Waals surface area contributed by atoms with E-state index in [-0.39, 0.29) is 23.6 Å². The van der Waals surface area contributed by atoms with Gasteiger partial charge in [-0.05, 0) is 48.7 Å². The summed E-state index contributed by atoms with van der Waals surface area (Å²) in [7, 11) is -3.42. The quantitative estimate of drug-likeness (QED) is 0.648. The Kier molecular flexibility index (Phi) is 5.56. The number of rotatable bonds is 7. The van der Waals surface area contributed by atoms with Crippen LogP contribution in [0.5, 0.6) is 0 Å². The number of fused-ring (bicyclic) bond motifs is 1. The largest absolute Gasteiger partial charge is 0.480 e. The summed E-state index contributed by atoms with van der Waals surface area (Å²) in [4.78, 5) is 11.6. The van der Waals surface area contributed by atoms with Gasteiger partial charge in [-0.1, -0.05) is 25.1 Å². The molecule has 0 aliphatic rings. The van der Waals surface area contributed by atoms with E-state index in [1.165, 1.54) is 12.1 Å². The van der Waals surface area contributed by atoms with Crippen molar-refractivity contribution in [2.24, 2.45) is 0 Å². The van der Waals surface area contributed by atoms with Gasteiger partial charge in [-0.15, -0.1) is 0 Å². The average Bonchev–Trinajstić information content (AvgIpc) is 2.87. The Balaban J connectivity index is 2.18. The number of aliphatic carboxylic acids is 1. The molecule has 148 valence electrons. The fourth-order valence-electron chi connectivity index (χ4n) is 3.61. The average molecular weight is 403 g/mol. The molecular formula is C21H22FNO4S. The predicted molar refractivity (Wildman–Crippen MR) is 106 cm³/mol. The Morgan fingerprint density at radius 2 is 1.89 bits per heavy atom. The topological polar surface area (TPSA) is 76.4 Å². The first-order chi connectivity index (χ1) is 13.2. The number of carboxylic acid groups (broad SMARTS) is 1. The van der Waals surface area contributed by atoms with Crippen LogP contribution < -0.4 is 0 Å². The van der Waals surface area contributed by atoms with E-state index in [4.69, 9.17) is 0 Å². The van der Waals surface area contributed by atoms with E-state index in [1.807, 2.05) is 6.92 Å². The van der Waals surface area contributed by atoms with Gasteiger partial charge in [0.2, 0.25) is 0 Å². The molecule has 0 amide bonds. The second-order valence-corrected chi connectivity index (χ2v) is 8.89. The number of halogens is 1. The van der Waals surface area contributed by atoms with E-state index >= 15 is 0 Å². The Morgan fingerprint density at radius 1 is 1.18 bits per heavy atom. The SMILES string of the molecule is CCCS(=O)(=O)c1ccccc1Cc1c(C)n(CC(=O)O)c2ccc(F)cc12. The summed E-state index contributed by atoms with van der Waals surface area (Å²) >= 11 is 0. The van der Waals surface area contributed by atoms with Crippen molar-refractivity contribution in [1.29, 1.82) is 0 Å². The molecule has 0 spiro atoms. The summed E-state index contributed by atoms with van der Waals surface area (Å²) in [5, 5.41) is 9.84. The van der Waals surface area contributed by atoms with Gasteiger partial charge in [0.15, 0.2) is 9.84 Å². The third-order valence-electron chi connectivity index (χ3n) is 4.86. The number of aromatic nitrogens is 1. The fourth-order valence-corrected chi connectivity index (χ4v) is 5.19. The smallest absolute Gasteiger partial charge is 0.323 e. The fraction of sp³-hybridized carbons (Fsp3) is 0.286. The Bertz CT molecular complexity index is 1150. The predicted octanol–water partition coefficient (Wildman–Crippen LogP) is 3.95. The lowest BCUT2D eigenvalue weighted by molar-refractivity contribution is -0.137. The van der Waals surface area contributed by atoms with Crippen molar-refractivity contribution < 1.29 is 22.7 Å². The zero-order chi connectivity index (χ0) is 20.5. The number of benzene rings is 2. The number of carboxylic acids is 1. The van der Waals surface area contributed by atoms with Gasteiger partial charge in [-0.25, -0.2) is 12.8 Å². The summed E-state index contributed by atoms with van der Waals surface area (Å²) < 4.78 is 40.8. The van der Waals surface area contributed by atoms with Crippen LogP contribution in [0.1, 0.15) is 30.2 Å². The van der Waals surface area contributed by atoms with Gasteiger partial charge >= 0.3 is 5.97 Å². The molecule has 28 heavy (non-hydrogen) atoms. The highest BCUT2D eigenvalue weighted by molar-refractivity contribution is 7.91. The monoisotopic (exact) mass is 403 g/mol. The highest BCUT2D eigenvalue weighted by Gasteiger charge is 2.21. The van der Waals surface area contributed by atoms with Gasteiger partial charge in [-0.2, -0.15) is 0 Å². The lowest BCUT2D eigenvalue weighted by Gasteiger charge is -2.11. The van der Waals surface area contributed by atoms with Crippen LogP contribution in [0.15, 0.2) is 47.4 Å². The van der Waals surface area contributed by atoms with Crippen LogP contribution in [0, 0.1) is 12.7 Å². The highest BCUT2D eigenvalue weighted by atomic mass is 32.2. The van der Waals surface area contributed by atoms with E-state index in [0.717, 1.165) is 5.56 Å². The lowest BCUT2D eigenvalue weighted by Crippen LogP contribution is -2.11. The van der Waals surface area contributed by atoms with Crippen LogP contribution in [0.2, 0.25) is 0 Å². The molecule has 5 nitrogen and oxygen atoms in total. The summed E-state index contributed by atoms with van der Waals surface area (Å²) in [5.74, 6) is -1.37. The van der Waals surface area contributed by atoms with Crippen molar-refractivity contribution in [3.63, 3.8) is 0 Å². The number of hydrogen-bond donors (Lipinski definition) is 1. The molecule has 0 fully saturated rings. The van der Waals surface area contributed by atoms with Crippen LogP contribution in [0.3, 0.4) is 0 Å². The first-order valence-electron chi connectivity index (χ1n) is 9.04. The van der Waals surface area contributed by atoms with E-state index in [9.17, 15) is 22.7 Å². The zero-order valence-electron chi connectivity index (χ0n) is 15.8. The molecule has 3 aromatic rings. The second-order valence-electron chi connectivity index (χ2n) is 6.81. The molecule has 0 saturated carbocycles. The minimum Gasteiger partial charge on any atom is -0.480 e. The Morgan fingerprint density at radius 3 is 2.57 bits per heavy atom. The number of carbonyl (C=O) groups is 1. The van der Waals surface area contributed by atoms with Crippen molar-refractivity contribution in [2.75, 3.05) is 5.75 Å². The zero-order valence-corrected chi connectivity index (χ0v) is 16.6. The van der Waals surface area contributed by atoms with Crippen molar-refractivity contribution in [3.05, 3.63) is 65.1 Å². The van der Waals surface area contributed by atoms with Crippen LogP contribution in [-0.4, -0.2) is 29.8 Å². The number of sulfone groups is 1. The van der Waals surface area contributed by atoms with Crippen molar-refractivity contribution in [1.82, 2.24) is 4.57 Å². The normalized spacial score (nSPS) is 11.8. The van der Waals surface area contributed by atoms with E-state index < -0.39 is 21.6 Å². The molecule has 0 atom stereocenters. The molecular weight excluding hydrogens is 381 g/mol. The van der Waals surface area contributed by atoms with Crippen LogP contribution >= 0.6 is 0 Å². The molecule has 0 unspecified atom stereocenters. The van der Waals surface area contributed by atoms with Crippen molar-refractivity contribution in [3.8, 4) is 0 Å². The molecule has 0 aliphatic carbocycles. The summed E-state index contributed by atoms with van der Waals surface area (Å²) in [6.45, 7) is 3.34. The van der Waals surface area contributed by atoms with Gasteiger partial charge in [0.05, 0.1) is 10.6 Å². The maximum Gasteiger partial charge on any atom is 0.323 e. The van der Waals surface area contributed by atoms with Gasteiger partial charge in [0.25, 0.3) is 0 Å². The third-order valence-corrected chi connectivity index (χ3v) is 6.87. The molecule has 0 radical (unpaired) electrons. The molecule has 0 aliphatic heterocycles. The van der Waals surface area contributed by atoms with E-state index in [2.05, 4.69) is 0 Å². The molecule has 0 bridgehead atoms. The standard InChI is InChI=1S/C21H22FNO4S/c1-3-10-28(26,27)20-7-5-4-6-15(20)11-17-14(2)23(13-21(24)25)19-9-8-16(22)12-18(17)19/h4-9,12H,3,10-11,13H2,1-2H3,(H,24,25). The lowest BCUT2D eigenvalue weighted by atomic mass is 10.0. The summed E-state index contributed by atoms with van der Waals surface area (Å²) in [6, 6.07) is 11.0. The first kappa shape index (κ1) is 20.1. The molecule has 1 heterocycles. The Hall–Kier alpha value is -2.67. The van der Waals surface area contributed by atoms with Crippen LogP contribution in [0.4, 0.5) is 4.39 Å². The minimum atomic E-state index is -3.42. The summed E-state index contributed by atoms with van der Waals surface area (Å²) in [5.41, 5.74) is 2.66. The first-order valence-corrected chi connectivity index (χ1v) is 10.7. The molecule has 2 aromatic carbocycles. The highest BCUT2D eigenvalue weighted by Crippen LogP contribution is 2.31. The van der Waals surface area contributed by atoms with E-state index in [0.29, 0.717) is 28.6 Å². The van der Waals surface area contributed by atoms with Gasteiger partial charge < -0.3 is 9.67 Å². The maximum absolute atomic E-state index is 13.9. The van der Waals surface area contributed by atoms with E-state index in [1.54, 1.807) is 41.8 Å². The maximum atomic E-state index is 13.9. The van der Waals surface area contributed by atoms with Crippen LogP contribution in [-0.2, 0) is 27.6 Å². The Labute approximate surface area is 163 Å². The molecule has 1 aromatic heterocycles. The van der Waals surface area contributed by atoms with Gasteiger partial charge in [0.1, 0.15) is 12.4 Å². The van der Waals surface area contributed by atoms with Crippen molar-refractivity contribution >= 4 is 26.7 Å². The molecule has 0 saturated heterocycles. The van der Waals surface area contributed by atoms with Crippen molar-refractivity contribution in [2.45, 2.75) is 38.1 Å². The third kappa shape index (κ3) is 3.80. The number of nitrogens with zero attached hydrogens (tertiary/aromatic N) is 1. The molecule has 7 heteroatoms. The molecule has 3 rings (SSSR count).